The first kappa shape index (κ1) is 21.1. The molecule has 1 aliphatic carbocycles. The summed E-state index contributed by atoms with van der Waals surface area (Å²) in [5.74, 6) is -1.79. The van der Waals surface area contributed by atoms with Gasteiger partial charge in [0.25, 0.3) is 0 Å². The van der Waals surface area contributed by atoms with Crippen molar-refractivity contribution < 1.29 is 23.9 Å². The molecule has 2 aliphatic heterocycles. The van der Waals surface area contributed by atoms with Gasteiger partial charge in [-0.2, -0.15) is 0 Å². The van der Waals surface area contributed by atoms with Crippen molar-refractivity contribution in [3.05, 3.63) is 66.2 Å². The van der Waals surface area contributed by atoms with Crippen LogP contribution in [0.3, 0.4) is 0 Å². The number of aryl methyl sites for hydroxylation is 1. The van der Waals surface area contributed by atoms with Gasteiger partial charge in [0, 0.05) is 18.7 Å². The van der Waals surface area contributed by atoms with Crippen molar-refractivity contribution in [3.8, 4) is 5.75 Å². The van der Waals surface area contributed by atoms with Crippen molar-refractivity contribution in [1.29, 1.82) is 0 Å². The number of benzene rings is 2. The van der Waals surface area contributed by atoms with Crippen LogP contribution in [0, 0.1) is 24.7 Å². The Morgan fingerprint density at radius 3 is 2.21 bits per heavy atom. The summed E-state index contributed by atoms with van der Waals surface area (Å²) in [6.07, 6.45) is 5.17. The predicted molar refractivity (Wildman–Crippen MR) is 122 cm³/mol. The molecule has 3 aliphatic rings. The minimum absolute atomic E-state index is 0.0957. The fourth-order valence-corrected chi connectivity index (χ4v) is 4.83. The monoisotopic (exact) mass is 444 g/mol. The zero-order chi connectivity index (χ0) is 23.1. The van der Waals surface area contributed by atoms with Gasteiger partial charge in [0.05, 0.1) is 23.4 Å². The van der Waals surface area contributed by atoms with E-state index < -0.39 is 11.9 Å². The van der Waals surface area contributed by atoms with E-state index in [2.05, 4.69) is 0 Å². The SMILES string of the molecule is Cc1cccc(N2C[C@H](C(=O)Oc3ccc(N4C(=O)[C@H]5CC=CC[C@@H]5C4=O)cc3)CC2=O)c1. The number of hydrogen-bond acceptors (Lipinski definition) is 5. The summed E-state index contributed by atoms with van der Waals surface area (Å²) in [5, 5.41) is 0. The molecule has 168 valence electrons. The number of allylic oxidation sites excluding steroid dienone is 2. The van der Waals surface area contributed by atoms with Crippen LogP contribution < -0.4 is 14.5 Å². The molecule has 0 radical (unpaired) electrons. The zero-order valence-electron chi connectivity index (χ0n) is 18.3. The number of carbonyl (C=O) groups is 4. The van der Waals surface area contributed by atoms with E-state index in [1.807, 2.05) is 43.3 Å². The largest absolute Gasteiger partial charge is 0.426 e. The minimum Gasteiger partial charge on any atom is -0.426 e. The number of nitrogens with zero attached hydrogens (tertiary/aromatic N) is 2. The van der Waals surface area contributed by atoms with Crippen LogP contribution in [0.4, 0.5) is 11.4 Å². The van der Waals surface area contributed by atoms with Gasteiger partial charge in [-0.25, -0.2) is 0 Å². The third-order valence-electron chi connectivity index (χ3n) is 6.59. The molecule has 0 spiro atoms. The molecular formula is C26H24N2O5. The van der Waals surface area contributed by atoms with Gasteiger partial charge in [0.2, 0.25) is 17.7 Å². The highest BCUT2D eigenvalue weighted by atomic mass is 16.5. The minimum atomic E-state index is -0.560. The lowest BCUT2D eigenvalue weighted by atomic mass is 9.85. The molecule has 0 unspecified atom stereocenters. The van der Waals surface area contributed by atoms with E-state index in [0.29, 0.717) is 24.3 Å². The number of rotatable bonds is 4. The normalized spacial score (nSPS) is 24.4. The van der Waals surface area contributed by atoms with Gasteiger partial charge in [-0.1, -0.05) is 24.3 Å². The molecule has 33 heavy (non-hydrogen) atoms. The molecule has 2 saturated heterocycles. The Kier molecular flexibility index (Phi) is 5.32. The smallest absolute Gasteiger partial charge is 0.316 e. The van der Waals surface area contributed by atoms with E-state index in [4.69, 9.17) is 4.74 Å². The van der Waals surface area contributed by atoms with Crippen LogP contribution in [0.1, 0.15) is 24.8 Å². The molecular weight excluding hydrogens is 420 g/mol. The summed E-state index contributed by atoms with van der Waals surface area (Å²) in [5.41, 5.74) is 2.29. The van der Waals surface area contributed by atoms with Gasteiger partial charge in [0.1, 0.15) is 5.75 Å². The summed E-state index contributed by atoms with van der Waals surface area (Å²) >= 11 is 0. The maximum Gasteiger partial charge on any atom is 0.316 e. The second-order valence-electron chi connectivity index (χ2n) is 8.83. The Morgan fingerprint density at radius 1 is 0.909 bits per heavy atom. The summed E-state index contributed by atoms with van der Waals surface area (Å²) in [6, 6.07) is 14.0. The van der Waals surface area contributed by atoms with Gasteiger partial charge >= 0.3 is 5.97 Å². The van der Waals surface area contributed by atoms with Gasteiger partial charge in [-0.3, -0.25) is 24.1 Å². The number of amides is 3. The molecule has 2 heterocycles. The lowest BCUT2D eigenvalue weighted by Gasteiger charge is -2.17. The summed E-state index contributed by atoms with van der Waals surface area (Å²) < 4.78 is 5.50. The van der Waals surface area contributed by atoms with E-state index in [9.17, 15) is 19.2 Å². The van der Waals surface area contributed by atoms with Crippen molar-refractivity contribution in [1.82, 2.24) is 0 Å². The van der Waals surface area contributed by atoms with Crippen LogP contribution in [0.2, 0.25) is 0 Å². The van der Waals surface area contributed by atoms with Crippen LogP contribution in [-0.4, -0.2) is 30.2 Å². The van der Waals surface area contributed by atoms with Crippen molar-refractivity contribution in [2.75, 3.05) is 16.3 Å². The van der Waals surface area contributed by atoms with Crippen molar-refractivity contribution >= 4 is 35.1 Å². The number of imide groups is 1. The van der Waals surface area contributed by atoms with Gasteiger partial charge in [-0.05, 0) is 61.7 Å². The molecule has 0 aromatic heterocycles. The summed E-state index contributed by atoms with van der Waals surface area (Å²) in [6.45, 7) is 2.22. The molecule has 2 fully saturated rings. The highest BCUT2D eigenvalue weighted by molar-refractivity contribution is 6.22. The highest BCUT2D eigenvalue weighted by Gasteiger charge is 2.47. The summed E-state index contributed by atoms with van der Waals surface area (Å²) in [4.78, 5) is 53.5. The second-order valence-corrected chi connectivity index (χ2v) is 8.83. The highest BCUT2D eigenvalue weighted by Crippen LogP contribution is 2.38. The summed E-state index contributed by atoms with van der Waals surface area (Å²) in [7, 11) is 0. The molecule has 5 rings (SSSR count). The maximum absolute atomic E-state index is 12.7. The number of fused-ring (bicyclic) bond motifs is 1. The number of carbonyl (C=O) groups excluding carboxylic acids is 4. The third kappa shape index (κ3) is 3.84. The average Bonchev–Trinajstić information content (AvgIpc) is 3.32. The molecule has 0 bridgehead atoms. The molecule has 7 heteroatoms. The third-order valence-corrected chi connectivity index (χ3v) is 6.59. The molecule has 0 saturated carbocycles. The second kappa shape index (κ2) is 8.31. The van der Waals surface area contributed by atoms with E-state index in [1.54, 1.807) is 29.2 Å². The molecule has 7 nitrogen and oxygen atoms in total. The molecule has 2 aromatic carbocycles. The number of ether oxygens (including phenoxy) is 1. The Balaban J connectivity index is 1.24. The van der Waals surface area contributed by atoms with Crippen LogP contribution >= 0.6 is 0 Å². The predicted octanol–water partition coefficient (Wildman–Crippen LogP) is 3.41. The Labute approximate surface area is 191 Å². The van der Waals surface area contributed by atoms with Gasteiger partial charge in [0.15, 0.2) is 0 Å². The number of hydrogen-bond donors (Lipinski definition) is 0. The van der Waals surface area contributed by atoms with Crippen molar-refractivity contribution in [3.63, 3.8) is 0 Å². The number of anilines is 2. The topological polar surface area (TPSA) is 84.0 Å². The molecule has 2 aromatic rings. The fourth-order valence-electron chi connectivity index (χ4n) is 4.83. The van der Waals surface area contributed by atoms with Crippen LogP contribution in [-0.2, 0) is 19.2 Å². The van der Waals surface area contributed by atoms with Crippen molar-refractivity contribution in [2.24, 2.45) is 17.8 Å². The molecule has 3 amide bonds. The molecule has 0 N–H and O–H groups in total. The zero-order valence-corrected chi connectivity index (χ0v) is 18.3. The van der Waals surface area contributed by atoms with Crippen molar-refractivity contribution in [2.45, 2.75) is 26.2 Å². The first-order valence-electron chi connectivity index (χ1n) is 11.1. The Hall–Kier alpha value is -3.74. The van der Waals surface area contributed by atoms with E-state index in [-0.39, 0.29) is 42.5 Å². The quantitative estimate of drug-likeness (QED) is 0.312. The van der Waals surface area contributed by atoms with Gasteiger partial charge in [-0.15, -0.1) is 0 Å². The van der Waals surface area contributed by atoms with E-state index >= 15 is 0 Å². The first-order chi connectivity index (χ1) is 15.9. The maximum atomic E-state index is 12.7. The standard InChI is InChI=1S/C26H24N2O5/c1-16-5-4-6-19(13-16)27-15-17(14-23(27)29)26(32)33-20-11-9-18(10-12-20)28-24(30)21-7-2-3-8-22(21)25(28)31/h2-6,9-13,17,21-22H,7-8,14-15H2,1H3/t17-,21+,22+/m1/s1. The Morgan fingerprint density at radius 2 is 1.58 bits per heavy atom. The van der Waals surface area contributed by atoms with Crippen LogP contribution in [0.25, 0.3) is 0 Å². The number of esters is 1. The lowest BCUT2D eigenvalue weighted by molar-refractivity contribution is -0.139. The van der Waals surface area contributed by atoms with E-state index in [0.717, 1.165) is 11.3 Å². The van der Waals surface area contributed by atoms with Gasteiger partial charge < -0.3 is 9.64 Å². The lowest BCUT2D eigenvalue weighted by Crippen LogP contribution is -2.30. The first-order valence-corrected chi connectivity index (χ1v) is 11.1. The average molecular weight is 444 g/mol. The van der Waals surface area contributed by atoms with Crippen LogP contribution in [0.15, 0.2) is 60.7 Å². The van der Waals surface area contributed by atoms with Crippen LogP contribution in [0.5, 0.6) is 5.75 Å². The fraction of sp³-hybridized carbons (Fsp3) is 0.308. The molecule has 3 atom stereocenters. The van der Waals surface area contributed by atoms with E-state index in [1.165, 1.54) is 4.90 Å². The Bertz CT molecular complexity index is 1140.